The van der Waals surface area contributed by atoms with E-state index in [9.17, 15) is 19.2 Å². The molecule has 3 aliphatic rings. The van der Waals surface area contributed by atoms with Crippen LogP contribution in [0.15, 0.2) is 60.8 Å². The molecule has 2 aromatic heterocycles. The van der Waals surface area contributed by atoms with Gasteiger partial charge >= 0.3 is 5.97 Å². The number of aryl methyl sites for hydroxylation is 1. The molecule has 7 rings (SSSR count). The average Bonchev–Trinajstić information content (AvgIpc) is 3.73. The third-order valence-corrected chi connectivity index (χ3v) is 14.2. The molecule has 3 aliphatic heterocycles. The van der Waals surface area contributed by atoms with Crippen molar-refractivity contribution in [2.24, 2.45) is 23.2 Å². The molecule has 6 unspecified atom stereocenters. The Morgan fingerprint density at radius 3 is 2.50 bits per heavy atom. The number of rotatable bonds is 9. The molecule has 5 heterocycles. The lowest BCUT2D eigenvalue weighted by Gasteiger charge is -2.37. The van der Waals surface area contributed by atoms with Gasteiger partial charge in [-0.2, -0.15) is 0 Å². The van der Waals surface area contributed by atoms with E-state index in [2.05, 4.69) is 91.2 Å². The third kappa shape index (κ3) is 9.35. The number of amides is 3. The zero-order valence-corrected chi connectivity index (χ0v) is 39.7. The fourth-order valence-corrected chi connectivity index (χ4v) is 10.3. The Bertz CT molecular complexity index is 2370. The number of likely N-dealkylation sites (tertiary alicyclic amines) is 1. The summed E-state index contributed by atoms with van der Waals surface area (Å²) in [6, 6.07) is 16.5. The van der Waals surface area contributed by atoms with Gasteiger partial charge in [0.15, 0.2) is 0 Å². The number of methoxy groups -OCH3 is 1. The molecule has 64 heavy (non-hydrogen) atoms. The van der Waals surface area contributed by atoms with Gasteiger partial charge in [-0.15, -0.1) is 0 Å². The van der Waals surface area contributed by atoms with Crippen LogP contribution in [0.1, 0.15) is 91.2 Å². The number of esters is 1. The van der Waals surface area contributed by atoms with Crippen LogP contribution in [0, 0.1) is 23.2 Å². The summed E-state index contributed by atoms with van der Waals surface area (Å²) in [6.07, 6.45) is 3.43. The standard InChI is InChI=1S/C51H69N7O6/c1-12-57-43-21-20-36-26-38(43)39(46(57)37-18-14-22-52-44(37)33(6)63-11)27-51(7,8)29-64-50(62)41-19-15-23-58(54-41)49(61)42(25-34-16-13-17-35(36)24-34)53-47(59)45(30(2)3)56(10)48(60)40-28-55(9)32(5)31(40)4/h13-14,16-18,20-22,24,26,30-33,40-42,45,54H,12,15,19,23,25,27-29H2,1-11H3,(H,53,59)/t31?,32?,33?,40?,41-,42?,45?/m0/s1. The van der Waals surface area contributed by atoms with Crippen LogP contribution in [-0.4, -0.2) is 113 Å². The Balaban J connectivity index is 1.31. The third-order valence-electron chi connectivity index (χ3n) is 14.2. The molecule has 0 saturated carbocycles. The molecule has 2 N–H and O–H groups in total. The lowest BCUT2D eigenvalue weighted by molar-refractivity contribution is -0.155. The predicted molar refractivity (Wildman–Crippen MR) is 250 cm³/mol. The Morgan fingerprint density at radius 1 is 1.06 bits per heavy atom. The van der Waals surface area contributed by atoms with Crippen molar-refractivity contribution in [3.05, 3.63) is 77.6 Å². The number of cyclic esters (lactones) is 1. The van der Waals surface area contributed by atoms with E-state index < -0.39 is 35.4 Å². The van der Waals surface area contributed by atoms with E-state index in [1.807, 2.05) is 46.0 Å². The average molecular weight is 876 g/mol. The van der Waals surface area contributed by atoms with Crippen LogP contribution in [0.4, 0.5) is 0 Å². The molecule has 3 amide bonds. The molecule has 13 heteroatoms. The minimum absolute atomic E-state index is 0.0737. The van der Waals surface area contributed by atoms with Gasteiger partial charge in [0.1, 0.15) is 18.1 Å². The van der Waals surface area contributed by atoms with E-state index in [1.54, 1.807) is 25.3 Å². The number of hydrogen-bond acceptors (Lipinski definition) is 9. The van der Waals surface area contributed by atoms with Gasteiger partial charge in [-0.3, -0.25) is 29.2 Å². The van der Waals surface area contributed by atoms with Crippen molar-refractivity contribution >= 4 is 34.6 Å². The maximum Gasteiger partial charge on any atom is 0.324 e. The molecular formula is C51H69N7O6. The van der Waals surface area contributed by atoms with E-state index in [4.69, 9.17) is 14.5 Å². The second kappa shape index (κ2) is 19.2. The molecule has 0 aliphatic carbocycles. The summed E-state index contributed by atoms with van der Waals surface area (Å²) in [7, 11) is 5.43. The van der Waals surface area contributed by atoms with Crippen LogP contribution in [0.25, 0.3) is 33.3 Å². The van der Waals surface area contributed by atoms with Crippen LogP contribution in [0.5, 0.6) is 0 Å². The first kappa shape index (κ1) is 46.9. The highest BCUT2D eigenvalue weighted by Gasteiger charge is 2.43. The number of carbonyl (C=O) groups is 4. The lowest BCUT2D eigenvalue weighted by Crippen LogP contribution is -2.62. The van der Waals surface area contributed by atoms with Gasteiger partial charge in [0, 0.05) is 74.3 Å². The maximum atomic E-state index is 14.7. The highest BCUT2D eigenvalue weighted by Crippen LogP contribution is 2.42. The molecule has 4 aromatic rings. The van der Waals surface area contributed by atoms with Gasteiger partial charge in [0.25, 0.3) is 5.91 Å². The quantitative estimate of drug-likeness (QED) is 0.174. The number of carbonyl (C=O) groups excluding carboxylic acids is 4. The van der Waals surface area contributed by atoms with Crippen molar-refractivity contribution in [1.82, 2.24) is 35.1 Å². The molecule has 6 bridgehead atoms. The van der Waals surface area contributed by atoms with E-state index in [1.165, 1.54) is 5.01 Å². The normalized spacial score (nSPS) is 24.0. The zero-order valence-electron chi connectivity index (χ0n) is 39.7. The first-order valence-electron chi connectivity index (χ1n) is 23.2. The number of hydrogen-bond donors (Lipinski definition) is 2. The molecule has 2 saturated heterocycles. The van der Waals surface area contributed by atoms with Gasteiger partial charge in [-0.25, -0.2) is 5.43 Å². The van der Waals surface area contributed by atoms with E-state index >= 15 is 0 Å². The first-order chi connectivity index (χ1) is 30.4. The number of ether oxygens (including phenoxy) is 2. The fraction of sp³-hybridized carbons (Fsp3) is 0.549. The highest BCUT2D eigenvalue weighted by atomic mass is 16.5. The Hall–Kier alpha value is -5.11. The summed E-state index contributed by atoms with van der Waals surface area (Å²) in [5.74, 6) is -1.60. The molecule has 344 valence electrons. The van der Waals surface area contributed by atoms with Crippen LogP contribution >= 0.6 is 0 Å². The van der Waals surface area contributed by atoms with Crippen molar-refractivity contribution in [2.45, 2.75) is 118 Å². The van der Waals surface area contributed by atoms with Crippen molar-refractivity contribution in [3.63, 3.8) is 0 Å². The predicted octanol–water partition coefficient (Wildman–Crippen LogP) is 6.82. The van der Waals surface area contributed by atoms with Crippen molar-refractivity contribution in [3.8, 4) is 22.4 Å². The SMILES string of the molecule is CCn1c(-c2cccnc2C(C)OC)c2c3cc(ccc31)-c1cccc(c1)CC(NC(=O)C(C(C)C)N(C)C(=O)C1CN(C)C(C)C1C)C(=O)N1CCC[C@H](N1)C(=O)OCC(C)(C)C2. The number of nitrogens with zero attached hydrogens (tertiary/aromatic N) is 5. The highest BCUT2D eigenvalue weighted by molar-refractivity contribution is 5.96. The van der Waals surface area contributed by atoms with E-state index in [-0.39, 0.29) is 54.7 Å². The molecule has 13 nitrogen and oxygen atoms in total. The molecule has 2 aromatic carbocycles. The number of nitrogens with one attached hydrogen (secondary N) is 2. The lowest BCUT2D eigenvalue weighted by atomic mass is 9.84. The van der Waals surface area contributed by atoms with Crippen LogP contribution < -0.4 is 10.7 Å². The monoisotopic (exact) mass is 876 g/mol. The number of likely N-dealkylation sites (N-methyl/N-ethyl adjacent to an activating group) is 1. The smallest absolute Gasteiger partial charge is 0.324 e. The van der Waals surface area contributed by atoms with Gasteiger partial charge in [-0.05, 0) is 105 Å². The number of hydrazine groups is 1. The second-order valence-corrected chi connectivity index (χ2v) is 19.6. The van der Waals surface area contributed by atoms with Gasteiger partial charge in [0.2, 0.25) is 11.8 Å². The topological polar surface area (TPSA) is 138 Å². The molecule has 0 radical (unpaired) electrons. The van der Waals surface area contributed by atoms with Crippen molar-refractivity contribution < 1.29 is 28.7 Å². The molecule has 2 fully saturated rings. The van der Waals surface area contributed by atoms with Gasteiger partial charge in [-0.1, -0.05) is 65.0 Å². The van der Waals surface area contributed by atoms with Crippen molar-refractivity contribution in [2.75, 3.05) is 40.9 Å². The molecule has 7 atom stereocenters. The van der Waals surface area contributed by atoms with Crippen LogP contribution in [-0.2, 0) is 48.0 Å². The summed E-state index contributed by atoms with van der Waals surface area (Å²) >= 11 is 0. The molecule has 0 spiro atoms. The van der Waals surface area contributed by atoms with Gasteiger partial charge in [0.05, 0.1) is 30.0 Å². The number of pyridine rings is 1. The van der Waals surface area contributed by atoms with Crippen LogP contribution in [0.2, 0.25) is 0 Å². The summed E-state index contributed by atoms with van der Waals surface area (Å²) < 4.78 is 14.3. The first-order valence-corrected chi connectivity index (χ1v) is 23.2. The Labute approximate surface area is 379 Å². The van der Waals surface area contributed by atoms with E-state index in [0.29, 0.717) is 38.9 Å². The number of aromatic nitrogens is 2. The number of fused-ring (bicyclic) bond motifs is 6. The molecular weight excluding hydrogens is 807 g/mol. The minimum Gasteiger partial charge on any atom is -0.464 e. The maximum absolute atomic E-state index is 14.7. The summed E-state index contributed by atoms with van der Waals surface area (Å²) in [5.41, 5.74) is 10.7. The van der Waals surface area contributed by atoms with Gasteiger partial charge < -0.3 is 29.2 Å². The van der Waals surface area contributed by atoms with E-state index in [0.717, 1.165) is 50.1 Å². The fourth-order valence-electron chi connectivity index (χ4n) is 10.3. The summed E-state index contributed by atoms with van der Waals surface area (Å²) in [4.78, 5) is 65.9. The summed E-state index contributed by atoms with van der Waals surface area (Å²) in [5, 5.41) is 5.69. The largest absolute Gasteiger partial charge is 0.464 e. The summed E-state index contributed by atoms with van der Waals surface area (Å²) in [6.45, 7) is 18.3. The second-order valence-electron chi connectivity index (χ2n) is 19.6. The van der Waals surface area contributed by atoms with Crippen LogP contribution in [0.3, 0.4) is 0 Å². The van der Waals surface area contributed by atoms with Crippen molar-refractivity contribution in [1.29, 1.82) is 0 Å². The number of benzene rings is 2. The Morgan fingerprint density at radius 2 is 1.81 bits per heavy atom. The zero-order chi connectivity index (χ0) is 46.2. The minimum atomic E-state index is -0.998. The Kier molecular flexibility index (Phi) is 14.0.